The number of hydrogen-bond donors (Lipinski definition) is 1. The highest BCUT2D eigenvalue weighted by atomic mass is 16.7. The average Bonchev–Trinajstić information content (AvgIpc) is 2.53. The van der Waals surface area contributed by atoms with Crippen LogP contribution in [0.1, 0.15) is 26.2 Å². The van der Waals surface area contributed by atoms with Crippen LogP contribution in [0.25, 0.3) is 0 Å². The zero-order valence-corrected chi connectivity index (χ0v) is 11.7. The quantitative estimate of drug-likeness (QED) is 0.856. The third-order valence-electron chi connectivity index (χ3n) is 3.37. The van der Waals surface area contributed by atoms with E-state index in [1.807, 2.05) is 18.2 Å². The maximum atomic E-state index is 12.2. The number of para-hydroxylation sites is 1. The molecule has 20 heavy (non-hydrogen) atoms. The van der Waals surface area contributed by atoms with Crippen molar-refractivity contribution in [1.29, 1.82) is 0 Å². The van der Waals surface area contributed by atoms with E-state index in [0.717, 1.165) is 31.0 Å². The molecule has 0 aliphatic carbocycles. The summed E-state index contributed by atoms with van der Waals surface area (Å²) in [6.45, 7) is 3.37. The second kappa shape index (κ2) is 7.05. The molecule has 0 spiro atoms. The van der Waals surface area contributed by atoms with E-state index in [0.29, 0.717) is 5.69 Å². The van der Waals surface area contributed by atoms with Crippen molar-refractivity contribution in [3.05, 3.63) is 30.3 Å². The van der Waals surface area contributed by atoms with Gasteiger partial charge in [0.25, 0.3) is 5.91 Å². The molecular formula is C15H20N2O3. The van der Waals surface area contributed by atoms with Gasteiger partial charge >= 0.3 is 5.97 Å². The van der Waals surface area contributed by atoms with Crippen molar-refractivity contribution in [3.8, 4) is 0 Å². The highest BCUT2D eigenvalue weighted by Crippen LogP contribution is 2.19. The van der Waals surface area contributed by atoms with Gasteiger partial charge in [0.2, 0.25) is 0 Å². The molecule has 5 nitrogen and oxygen atoms in total. The first kappa shape index (κ1) is 14.5. The third kappa shape index (κ3) is 3.57. The van der Waals surface area contributed by atoms with Crippen molar-refractivity contribution >= 4 is 17.6 Å². The van der Waals surface area contributed by atoms with Crippen LogP contribution in [0.4, 0.5) is 5.69 Å². The number of nitrogens with one attached hydrogen (secondary N) is 1. The molecule has 1 saturated heterocycles. The number of rotatable bonds is 3. The summed E-state index contributed by atoms with van der Waals surface area (Å²) in [7, 11) is 0. The molecule has 1 amide bonds. The molecule has 5 heteroatoms. The lowest BCUT2D eigenvalue weighted by Crippen LogP contribution is -2.39. The van der Waals surface area contributed by atoms with Gasteiger partial charge in [-0.3, -0.25) is 4.79 Å². The smallest absolute Gasteiger partial charge is 0.333 e. The van der Waals surface area contributed by atoms with Crippen LogP contribution < -0.4 is 10.4 Å². The lowest BCUT2D eigenvalue weighted by Gasteiger charge is -2.25. The number of amides is 1. The normalized spacial score (nSPS) is 15.7. The molecule has 0 aromatic heterocycles. The number of carbonyl (C=O) groups excluding carboxylic acids is 2. The highest BCUT2D eigenvalue weighted by molar-refractivity contribution is 5.93. The molecular weight excluding hydrogens is 256 g/mol. The Morgan fingerprint density at radius 1 is 1.25 bits per heavy atom. The minimum Gasteiger partial charge on any atom is -0.333 e. The first-order valence-electron chi connectivity index (χ1n) is 7.03. The molecule has 0 unspecified atom stereocenters. The minimum atomic E-state index is -0.322. The Morgan fingerprint density at radius 3 is 2.50 bits per heavy atom. The van der Waals surface area contributed by atoms with Crippen molar-refractivity contribution in [2.24, 2.45) is 5.92 Å². The summed E-state index contributed by atoms with van der Waals surface area (Å²) in [5.41, 5.74) is 0.585. The summed E-state index contributed by atoms with van der Waals surface area (Å²) in [6, 6.07) is 8.98. The van der Waals surface area contributed by atoms with E-state index in [2.05, 4.69) is 5.32 Å². The van der Waals surface area contributed by atoms with Crippen LogP contribution in [-0.2, 0) is 14.4 Å². The molecule has 1 aliphatic rings. The summed E-state index contributed by atoms with van der Waals surface area (Å²) >= 11 is 0. The Bertz CT molecular complexity index is 455. The molecule has 0 radical (unpaired) electrons. The molecule has 1 fully saturated rings. The Morgan fingerprint density at radius 2 is 1.90 bits per heavy atom. The summed E-state index contributed by atoms with van der Waals surface area (Å²) in [6.07, 6.45) is 1.79. The van der Waals surface area contributed by atoms with Crippen LogP contribution in [-0.4, -0.2) is 25.0 Å². The fourth-order valence-electron chi connectivity index (χ4n) is 2.18. The number of piperidine rings is 1. The third-order valence-corrected chi connectivity index (χ3v) is 3.37. The van der Waals surface area contributed by atoms with E-state index in [9.17, 15) is 9.59 Å². The Balaban J connectivity index is 2.08. The average molecular weight is 276 g/mol. The van der Waals surface area contributed by atoms with E-state index < -0.39 is 0 Å². The van der Waals surface area contributed by atoms with Crippen LogP contribution in [0.3, 0.4) is 0 Å². The van der Waals surface area contributed by atoms with Crippen LogP contribution in [0.2, 0.25) is 0 Å². The number of benzene rings is 1. The first-order chi connectivity index (χ1) is 9.72. The van der Waals surface area contributed by atoms with E-state index in [4.69, 9.17) is 4.84 Å². The Labute approximate surface area is 118 Å². The van der Waals surface area contributed by atoms with Gasteiger partial charge < -0.3 is 10.2 Å². The molecule has 1 aromatic carbocycles. The fourth-order valence-corrected chi connectivity index (χ4v) is 2.18. The van der Waals surface area contributed by atoms with Crippen molar-refractivity contribution in [3.63, 3.8) is 0 Å². The summed E-state index contributed by atoms with van der Waals surface area (Å²) in [4.78, 5) is 29.5. The van der Waals surface area contributed by atoms with Gasteiger partial charge in [0.15, 0.2) is 0 Å². The van der Waals surface area contributed by atoms with Gasteiger partial charge in [-0.2, -0.15) is 0 Å². The van der Waals surface area contributed by atoms with Crippen molar-refractivity contribution in [1.82, 2.24) is 5.32 Å². The van der Waals surface area contributed by atoms with Gasteiger partial charge in [0.1, 0.15) is 0 Å². The zero-order chi connectivity index (χ0) is 14.4. The molecule has 0 saturated carbocycles. The predicted octanol–water partition coefficient (Wildman–Crippen LogP) is 1.89. The molecule has 0 atom stereocenters. The molecule has 1 heterocycles. The largest absolute Gasteiger partial charge is 0.336 e. The van der Waals surface area contributed by atoms with Gasteiger partial charge in [0.05, 0.1) is 11.6 Å². The van der Waals surface area contributed by atoms with Crippen LogP contribution in [0.15, 0.2) is 30.3 Å². The second-order valence-electron chi connectivity index (χ2n) is 4.81. The monoisotopic (exact) mass is 276 g/mol. The summed E-state index contributed by atoms with van der Waals surface area (Å²) in [5.74, 6) is -0.678. The summed E-state index contributed by atoms with van der Waals surface area (Å²) < 4.78 is 0. The molecule has 108 valence electrons. The fraction of sp³-hybridized carbons (Fsp3) is 0.467. The number of anilines is 1. The highest BCUT2D eigenvalue weighted by Gasteiger charge is 2.27. The number of hydroxylamine groups is 1. The Kier molecular flexibility index (Phi) is 5.12. The van der Waals surface area contributed by atoms with Crippen molar-refractivity contribution in [2.45, 2.75) is 26.2 Å². The molecule has 0 bridgehead atoms. The maximum Gasteiger partial charge on any atom is 0.336 e. The number of carbonyl (C=O) groups is 2. The van der Waals surface area contributed by atoms with Gasteiger partial charge in [-0.05, 0) is 38.1 Å². The van der Waals surface area contributed by atoms with Crippen molar-refractivity contribution in [2.75, 3.05) is 18.2 Å². The van der Waals surface area contributed by atoms with E-state index >= 15 is 0 Å². The van der Waals surface area contributed by atoms with Crippen LogP contribution >= 0.6 is 0 Å². The summed E-state index contributed by atoms with van der Waals surface area (Å²) in [5, 5.41) is 4.32. The SMILES string of the molecule is CCC(=O)N(OC(=O)C1CCNCC1)c1ccccc1. The lowest BCUT2D eigenvalue weighted by atomic mass is 9.99. The number of hydrogen-bond acceptors (Lipinski definition) is 4. The molecule has 1 aliphatic heterocycles. The van der Waals surface area contributed by atoms with Gasteiger partial charge in [-0.1, -0.05) is 25.1 Å². The minimum absolute atomic E-state index is 0.132. The number of nitrogens with zero attached hydrogens (tertiary/aromatic N) is 1. The van der Waals surface area contributed by atoms with Crippen LogP contribution in [0.5, 0.6) is 0 Å². The first-order valence-corrected chi connectivity index (χ1v) is 7.03. The molecule has 2 rings (SSSR count). The maximum absolute atomic E-state index is 12.2. The standard InChI is InChI=1S/C15H20N2O3/c1-2-14(18)17(13-6-4-3-5-7-13)20-15(19)12-8-10-16-11-9-12/h3-7,12,16H,2,8-11H2,1H3. The molecule has 1 aromatic rings. The van der Waals surface area contributed by atoms with Gasteiger partial charge in [-0.25, -0.2) is 4.79 Å². The Hall–Kier alpha value is -1.88. The van der Waals surface area contributed by atoms with Gasteiger partial charge in [0, 0.05) is 6.42 Å². The topological polar surface area (TPSA) is 58.6 Å². The van der Waals surface area contributed by atoms with E-state index in [1.165, 1.54) is 0 Å². The van der Waals surface area contributed by atoms with Gasteiger partial charge in [-0.15, -0.1) is 5.06 Å². The predicted molar refractivity (Wildman–Crippen MR) is 75.9 cm³/mol. The lowest BCUT2D eigenvalue weighted by molar-refractivity contribution is -0.155. The second-order valence-corrected chi connectivity index (χ2v) is 4.81. The van der Waals surface area contributed by atoms with Crippen LogP contribution in [0, 0.1) is 5.92 Å². The van der Waals surface area contributed by atoms with Crippen molar-refractivity contribution < 1.29 is 14.4 Å². The zero-order valence-electron chi connectivity index (χ0n) is 11.7. The van der Waals surface area contributed by atoms with E-state index in [1.54, 1.807) is 19.1 Å². The molecule has 1 N–H and O–H groups in total. The van der Waals surface area contributed by atoms with E-state index in [-0.39, 0.29) is 24.2 Å².